The van der Waals surface area contributed by atoms with Gasteiger partial charge in [-0.25, -0.2) is 4.98 Å². The van der Waals surface area contributed by atoms with E-state index in [1.165, 1.54) is 0 Å². The average molecular weight is 362 g/mol. The lowest BCUT2D eigenvalue weighted by Gasteiger charge is -2.33. The van der Waals surface area contributed by atoms with Crippen LogP contribution in [0.2, 0.25) is 5.02 Å². The van der Waals surface area contributed by atoms with Crippen molar-refractivity contribution in [2.75, 3.05) is 13.1 Å². The summed E-state index contributed by atoms with van der Waals surface area (Å²) >= 11 is 6.17. The number of benzene rings is 1. The number of nitrogens with two attached hydrogens (primary N) is 1. The molecular formula is C19H24ClN3O2. The molecule has 1 aromatic heterocycles. The molecule has 1 aliphatic heterocycles. The maximum Gasteiger partial charge on any atom is 0.223 e. The molecule has 134 valence electrons. The minimum atomic E-state index is 0.153. The summed E-state index contributed by atoms with van der Waals surface area (Å²) in [6, 6.07) is 7.68. The Labute approximate surface area is 153 Å². The Bertz CT molecular complexity index is 721. The van der Waals surface area contributed by atoms with Crippen molar-refractivity contribution in [3.05, 3.63) is 41.4 Å². The topological polar surface area (TPSA) is 72.4 Å². The van der Waals surface area contributed by atoms with Crippen LogP contribution in [0.25, 0.3) is 11.3 Å². The van der Waals surface area contributed by atoms with Crippen LogP contribution in [-0.4, -0.2) is 34.9 Å². The fraction of sp³-hybridized carbons (Fsp3) is 0.474. The normalized spacial score (nSPS) is 16.8. The highest BCUT2D eigenvalue weighted by Gasteiger charge is 2.24. The molecule has 1 fully saturated rings. The first-order chi connectivity index (χ1) is 12.0. The van der Waals surface area contributed by atoms with E-state index in [0.29, 0.717) is 35.4 Å². The van der Waals surface area contributed by atoms with E-state index < -0.39 is 0 Å². The Hall–Kier alpha value is -1.85. The second-order valence-electron chi connectivity index (χ2n) is 6.68. The zero-order valence-corrected chi connectivity index (χ0v) is 15.2. The van der Waals surface area contributed by atoms with Gasteiger partial charge in [0.15, 0.2) is 11.7 Å². The highest BCUT2D eigenvalue weighted by atomic mass is 35.5. The van der Waals surface area contributed by atoms with Gasteiger partial charge in [0.05, 0.1) is 11.2 Å². The van der Waals surface area contributed by atoms with Gasteiger partial charge < -0.3 is 15.1 Å². The highest BCUT2D eigenvalue weighted by Crippen LogP contribution is 2.28. The standard InChI is InChI=1S/C19H24ClN3O2/c1-13(21)14-8-10-23(11-9-14)19(24)7-6-18-22-12-17(25-18)15-4-2-3-5-16(15)20/h2-5,12-14H,6-11,21H2,1H3. The molecule has 1 atom stereocenters. The predicted octanol–water partition coefficient (Wildman–Crippen LogP) is 3.51. The molecule has 0 aliphatic carbocycles. The Balaban J connectivity index is 1.53. The molecule has 0 spiro atoms. The number of halogens is 1. The quantitative estimate of drug-likeness (QED) is 0.884. The average Bonchev–Trinajstić information content (AvgIpc) is 3.09. The molecule has 1 aliphatic rings. The molecule has 0 saturated carbocycles. The van der Waals surface area contributed by atoms with Crippen LogP contribution in [0.15, 0.2) is 34.9 Å². The molecular weight excluding hydrogens is 338 g/mol. The van der Waals surface area contributed by atoms with E-state index >= 15 is 0 Å². The third-order valence-corrected chi connectivity index (χ3v) is 5.21. The summed E-state index contributed by atoms with van der Waals surface area (Å²) in [6.07, 6.45) is 4.54. The summed E-state index contributed by atoms with van der Waals surface area (Å²) < 4.78 is 5.75. The van der Waals surface area contributed by atoms with Gasteiger partial charge in [-0.2, -0.15) is 0 Å². The minimum Gasteiger partial charge on any atom is -0.441 e. The zero-order chi connectivity index (χ0) is 17.8. The highest BCUT2D eigenvalue weighted by molar-refractivity contribution is 6.33. The van der Waals surface area contributed by atoms with Crippen LogP contribution in [0, 0.1) is 5.92 Å². The molecule has 1 saturated heterocycles. The van der Waals surface area contributed by atoms with E-state index in [2.05, 4.69) is 4.98 Å². The van der Waals surface area contributed by atoms with Crippen LogP contribution < -0.4 is 5.73 Å². The lowest BCUT2D eigenvalue weighted by molar-refractivity contribution is -0.132. The molecule has 3 rings (SSSR count). The van der Waals surface area contributed by atoms with Crippen molar-refractivity contribution in [2.45, 2.75) is 38.6 Å². The summed E-state index contributed by atoms with van der Waals surface area (Å²) in [7, 11) is 0. The van der Waals surface area contributed by atoms with Crippen molar-refractivity contribution in [3.63, 3.8) is 0 Å². The van der Waals surface area contributed by atoms with E-state index in [1.54, 1.807) is 6.20 Å². The maximum atomic E-state index is 12.4. The third kappa shape index (κ3) is 4.41. The molecule has 1 unspecified atom stereocenters. The largest absolute Gasteiger partial charge is 0.441 e. The fourth-order valence-corrected chi connectivity index (χ4v) is 3.49. The number of rotatable bonds is 5. The van der Waals surface area contributed by atoms with Crippen molar-refractivity contribution in [3.8, 4) is 11.3 Å². The zero-order valence-electron chi connectivity index (χ0n) is 14.5. The summed E-state index contributed by atoms with van der Waals surface area (Å²) in [6.45, 7) is 3.63. The van der Waals surface area contributed by atoms with Crippen LogP contribution in [0.4, 0.5) is 0 Å². The second-order valence-corrected chi connectivity index (χ2v) is 7.08. The number of nitrogens with zero attached hydrogens (tertiary/aromatic N) is 2. The fourth-order valence-electron chi connectivity index (χ4n) is 3.26. The van der Waals surface area contributed by atoms with Gasteiger partial charge in [0, 0.05) is 37.5 Å². The molecule has 2 heterocycles. The molecule has 2 aromatic rings. The lowest BCUT2D eigenvalue weighted by atomic mass is 9.91. The number of hydrogen-bond acceptors (Lipinski definition) is 4. The molecule has 1 aromatic carbocycles. The van der Waals surface area contributed by atoms with Gasteiger partial charge in [-0.1, -0.05) is 23.7 Å². The van der Waals surface area contributed by atoms with E-state index in [9.17, 15) is 4.79 Å². The van der Waals surface area contributed by atoms with Crippen LogP contribution in [0.1, 0.15) is 32.1 Å². The second kappa shape index (κ2) is 8.02. The number of oxazole rings is 1. The van der Waals surface area contributed by atoms with E-state index in [0.717, 1.165) is 31.5 Å². The molecule has 5 nitrogen and oxygen atoms in total. The summed E-state index contributed by atoms with van der Waals surface area (Å²) in [5, 5.41) is 0.623. The Morgan fingerprint density at radius 1 is 1.40 bits per heavy atom. The molecule has 25 heavy (non-hydrogen) atoms. The van der Waals surface area contributed by atoms with E-state index in [4.69, 9.17) is 21.8 Å². The molecule has 1 amide bonds. The molecule has 0 bridgehead atoms. The molecule has 0 radical (unpaired) electrons. The summed E-state index contributed by atoms with van der Waals surface area (Å²) in [5.41, 5.74) is 6.76. The van der Waals surface area contributed by atoms with Crippen molar-refractivity contribution in [2.24, 2.45) is 11.7 Å². The third-order valence-electron chi connectivity index (χ3n) is 4.88. The van der Waals surface area contributed by atoms with Gasteiger partial charge in [-0.15, -0.1) is 0 Å². The predicted molar refractivity (Wildman–Crippen MR) is 98.2 cm³/mol. The number of hydrogen-bond donors (Lipinski definition) is 1. The van der Waals surface area contributed by atoms with Gasteiger partial charge in [0.1, 0.15) is 0 Å². The molecule has 6 heteroatoms. The smallest absolute Gasteiger partial charge is 0.223 e. The first kappa shape index (κ1) is 18.0. The van der Waals surface area contributed by atoms with Gasteiger partial charge in [0.25, 0.3) is 0 Å². The lowest BCUT2D eigenvalue weighted by Crippen LogP contribution is -2.42. The van der Waals surface area contributed by atoms with Crippen LogP contribution in [0.5, 0.6) is 0 Å². The number of likely N-dealkylation sites (tertiary alicyclic amines) is 1. The van der Waals surface area contributed by atoms with Crippen molar-refractivity contribution >= 4 is 17.5 Å². The summed E-state index contributed by atoms with van der Waals surface area (Å²) in [5.74, 6) is 1.87. The monoisotopic (exact) mass is 361 g/mol. The van der Waals surface area contributed by atoms with Crippen molar-refractivity contribution < 1.29 is 9.21 Å². The number of carbonyl (C=O) groups is 1. The Kier molecular flexibility index (Phi) is 5.76. The Morgan fingerprint density at radius 3 is 2.80 bits per heavy atom. The first-order valence-corrected chi connectivity index (χ1v) is 9.15. The number of piperidine rings is 1. The first-order valence-electron chi connectivity index (χ1n) is 8.77. The van der Waals surface area contributed by atoms with Crippen molar-refractivity contribution in [1.82, 2.24) is 9.88 Å². The number of amides is 1. The number of aromatic nitrogens is 1. The van der Waals surface area contributed by atoms with E-state index in [1.807, 2.05) is 36.1 Å². The van der Waals surface area contributed by atoms with E-state index in [-0.39, 0.29) is 11.9 Å². The SMILES string of the molecule is CC(N)C1CCN(C(=O)CCc2ncc(-c3ccccc3Cl)o2)CC1. The van der Waals surface area contributed by atoms with Crippen LogP contribution >= 0.6 is 11.6 Å². The minimum absolute atomic E-state index is 0.153. The van der Waals surface area contributed by atoms with Crippen LogP contribution in [-0.2, 0) is 11.2 Å². The summed E-state index contributed by atoms with van der Waals surface area (Å²) in [4.78, 5) is 18.6. The van der Waals surface area contributed by atoms with Crippen molar-refractivity contribution in [1.29, 1.82) is 0 Å². The number of aryl methyl sites for hydroxylation is 1. The van der Waals surface area contributed by atoms with Gasteiger partial charge in [-0.05, 0) is 37.8 Å². The maximum absolute atomic E-state index is 12.4. The van der Waals surface area contributed by atoms with Gasteiger partial charge in [0.2, 0.25) is 5.91 Å². The van der Waals surface area contributed by atoms with Gasteiger partial charge >= 0.3 is 0 Å². The molecule has 2 N–H and O–H groups in total. The Morgan fingerprint density at radius 2 is 2.12 bits per heavy atom. The number of carbonyl (C=O) groups excluding carboxylic acids is 1. The van der Waals surface area contributed by atoms with Crippen LogP contribution in [0.3, 0.4) is 0 Å². The van der Waals surface area contributed by atoms with Gasteiger partial charge in [-0.3, -0.25) is 4.79 Å².